The molecule has 0 aliphatic rings. The first-order valence-corrected chi connectivity index (χ1v) is 9.85. The van der Waals surface area contributed by atoms with Crippen molar-refractivity contribution in [1.82, 2.24) is 0 Å². The molecule has 5 N–H and O–H groups in total. The van der Waals surface area contributed by atoms with Crippen LogP contribution in [-0.4, -0.2) is 38.9 Å². The van der Waals surface area contributed by atoms with Gasteiger partial charge in [-0.15, -0.1) is 0 Å². The molecule has 23 heavy (non-hydrogen) atoms. The van der Waals surface area contributed by atoms with E-state index in [2.05, 4.69) is 0 Å². The third-order valence-corrected chi connectivity index (χ3v) is 5.96. The topological polar surface area (TPSA) is 189 Å². The van der Waals surface area contributed by atoms with Crippen LogP contribution in [0.1, 0.15) is 0 Å². The van der Waals surface area contributed by atoms with Crippen molar-refractivity contribution in [3.63, 3.8) is 0 Å². The molecule has 0 aliphatic heterocycles. The summed E-state index contributed by atoms with van der Waals surface area (Å²) in [6, 6.07) is 4.77. The van der Waals surface area contributed by atoms with E-state index in [1.807, 2.05) is 0 Å². The standard InChI is InChI=1S/C10H9NO9S3/c11-7-5-3-1-2-4-6(5)8(21(12,13)14)10(23(18,19)20)9(7)22(15,16)17/h1-4H,11H2,(H,12,13,14)(H,15,16,17)(H,18,19,20). The minimum atomic E-state index is -5.50. The molecule has 10 nitrogen and oxygen atoms in total. The Morgan fingerprint density at radius 1 is 0.652 bits per heavy atom. The van der Waals surface area contributed by atoms with Crippen LogP contribution in [0.3, 0.4) is 0 Å². The van der Waals surface area contributed by atoms with Gasteiger partial charge < -0.3 is 5.73 Å². The first kappa shape index (κ1) is 17.6. The second-order valence-corrected chi connectivity index (χ2v) is 8.45. The molecule has 0 radical (unpaired) electrons. The molecule has 0 saturated carbocycles. The van der Waals surface area contributed by atoms with Crippen molar-refractivity contribution < 1.29 is 38.9 Å². The fourth-order valence-corrected chi connectivity index (χ4v) is 5.67. The van der Waals surface area contributed by atoms with Crippen LogP contribution in [-0.2, 0) is 30.4 Å². The maximum atomic E-state index is 11.6. The average molecular weight is 383 g/mol. The molecule has 0 atom stereocenters. The predicted octanol–water partition coefficient (Wildman–Crippen LogP) is 0.162. The van der Waals surface area contributed by atoms with Crippen molar-refractivity contribution in [3.8, 4) is 0 Å². The van der Waals surface area contributed by atoms with E-state index in [4.69, 9.17) is 5.73 Å². The normalized spacial score (nSPS) is 13.3. The molecule has 2 aromatic carbocycles. The van der Waals surface area contributed by atoms with E-state index in [1.165, 1.54) is 12.1 Å². The Kier molecular flexibility index (Phi) is 3.91. The second kappa shape index (κ2) is 5.12. The van der Waals surface area contributed by atoms with E-state index in [0.717, 1.165) is 12.1 Å². The number of nitrogen functional groups attached to an aromatic ring is 1. The van der Waals surface area contributed by atoms with Crippen LogP contribution < -0.4 is 5.73 Å². The molecule has 13 heteroatoms. The van der Waals surface area contributed by atoms with Gasteiger partial charge in [-0.3, -0.25) is 13.7 Å². The van der Waals surface area contributed by atoms with Gasteiger partial charge in [-0.25, -0.2) is 0 Å². The third kappa shape index (κ3) is 3.01. The van der Waals surface area contributed by atoms with Gasteiger partial charge in [0.2, 0.25) is 0 Å². The molecule has 0 amide bonds. The summed E-state index contributed by atoms with van der Waals surface area (Å²) in [4.78, 5) is -4.66. The molecule has 2 aromatic rings. The summed E-state index contributed by atoms with van der Waals surface area (Å²) >= 11 is 0. The van der Waals surface area contributed by atoms with Gasteiger partial charge in [0.15, 0.2) is 0 Å². The minimum Gasteiger partial charge on any atom is -0.397 e. The summed E-state index contributed by atoms with van der Waals surface area (Å²) in [5.41, 5.74) is 4.72. The van der Waals surface area contributed by atoms with Crippen LogP contribution in [0.4, 0.5) is 5.69 Å². The number of hydrogen-bond acceptors (Lipinski definition) is 7. The molecular weight excluding hydrogens is 374 g/mol. The lowest BCUT2D eigenvalue weighted by Crippen LogP contribution is -2.17. The van der Waals surface area contributed by atoms with Crippen LogP contribution >= 0.6 is 0 Å². The van der Waals surface area contributed by atoms with E-state index in [9.17, 15) is 38.9 Å². The van der Waals surface area contributed by atoms with Crippen LogP contribution in [0.15, 0.2) is 39.0 Å². The Morgan fingerprint density at radius 2 is 1.04 bits per heavy atom. The first-order valence-electron chi connectivity index (χ1n) is 5.53. The van der Waals surface area contributed by atoms with Gasteiger partial charge in [0.05, 0.1) is 5.69 Å². The number of rotatable bonds is 3. The van der Waals surface area contributed by atoms with Crippen LogP contribution in [0.2, 0.25) is 0 Å². The molecule has 0 fully saturated rings. The summed E-state index contributed by atoms with van der Waals surface area (Å²) in [6.07, 6.45) is 0. The maximum Gasteiger partial charge on any atom is 0.298 e. The van der Waals surface area contributed by atoms with Crippen LogP contribution in [0.25, 0.3) is 10.8 Å². The molecule has 0 spiro atoms. The summed E-state index contributed by atoms with van der Waals surface area (Å²) in [5, 5.41) is -0.715. The smallest absolute Gasteiger partial charge is 0.298 e. The zero-order chi connectivity index (χ0) is 17.8. The van der Waals surface area contributed by atoms with E-state index < -0.39 is 56.1 Å². The molecule has 0 bridgehead atoms. The van der Waals surface area contributed by atoms with E-state index in [-0.39, 0.29) is 5.39 Å². The van der Waals surface area contributed by atoms with Gasteiger partial charge in [0, 0.05) is 10.8 Å². The predicted molar refractivity (Wildman–Crippen MR) is 77.8 cm³/mol. The average Bonchev–Trinajstić information content (AvgIpc) is 2.34. The highest BCUT2D eigenvalue weighted by molar-refractivity contribution is 7.90. The highest BCUT2D eigenvalue weighted by Crippen LogP contribution is 2.40. The van der Waals surface area contributed by atoms with Crippen molar-refractivity contribution in [2.75, 3.05) is 5.73 Å². The van der Waals surface area contributed by atoms with Gasteiger partial charge >= 0.3 is 0 Å². The minimum absolute atomic E-state index is 0.264. The van der Waals surface area contributed by atoms with Crippen molar-refractivity contribution in [2.45, 2.75) is 14.7 Å². The largest absolute Gasteiger partial charge is 0.397 e. The zero-order valence-corrected chi connectivity index (χ0v) is 13.4. The fraction of sp³-hybridized carbons (Fsp3) is 0. The lowest BCUT2D eigenvalue weighted by molar-refractivity contribution is 0.457. The lowest BCUT2D eigenvalue weighted by atomic mass is 10.1. The summed E-state index contributed by atoms with van der Waals surface area (Å²) < 4.78 is 96.8. The maximum absolute atomic E-state index is 11.6. The number of anilines is 1. The van der Waals surface area contributed by atoms with E-state index in [0.29, 0.717) is 0 Å². The molecule has 0 heterocycles. The second-order valence-electron chi connectivity index (χ2n) is 4.37. The van der Waals surface area contributed by atoms with Crippen molar-refractivity contribution in [2.24, 2.45) is 0 Å². The number of benzene rings is 2. The monoisotopic (exact) mass is 383 g/mol. The molecule has 126 valence electrons. The Balaban J connectivity index is 3.43. The summed E-state index contributed by atoms with van der Waals surface area (Å²) in [7, 11) is -16.2. The number of nitrogens with two attached hydrogens (primary N) is 1. The Morgan fingerprint density at radius 3 is 1.43 bits per heavy atom. The van der Waals surface area contributed by atoms with Gasteiger partial charge in [-0.05, 0) is 0 Å². The van der Waals surface area contributed by atoms with Crippen molar-refractivity contribution >= 4 is 46.8 Å². The molecule has 0 unspecified atom stereocenters. The van der Waals surface area contributed by atoms with Crippen molar-refractivity contribution in [3.05, 3.63) is 24.3 Å². The number of fused-ring (bicyclic) bond motifs is 1. The zero-order valence-electron chi connectivity index (χ0n) is 10.9. The SMILES string of the molecule is Nc1c(S(=O)(=O)O)c(S(=O)(=O)O)c(S(=O)(=O)O)c2ccccc12. The molecule has 0 saturated heterocycles. The van der Waals surface area contributed by atoms with Gasteiger partial charge in [-0.1, -0.05) is 24.3 Å². The van der Waals surface area contributed by atoms with E-state index in [1.54, 1.807) is 0 Å². The van der Waals surface area contributed by atoms with Gasteiger partial charge in [-0.2, -0.15) is 25.3 Å². The molecule has 0 aliphatic carbocycles. The Labute approximate surface area is 130 Å². The van der Waals surface area contributed by atoms with Crippen LogP contribution in [0.5, 0.6) is 0 Å². The molecular formula is C10H9NO9S3. The summed E-state index contributed by atoms with van der Waals surface area (Å²) in [6.45, 7) is 0. The highest BCUT2D eigenvalue weighted by Gasteiger charge is 2.36. The van der Waals surface area contributed by atoms with E-state index >= 15 is 0 Å². The highest BCUT2D eigenvalue weighted by atomic mass is 32.2. The molecule has 0 aromatic heterocycles. The third-order valence-electron chi connectivity index (χ3n) is 2.89. The lowest BCUT2D eigenvalue weighted by Gasteiger charge is -2.15. The van der Waals surface area contributed by atoms with Gasteiger partial charge in [0.1, 0.15) is 14.7 Å². The Hall–Kier alpha value is -1.77. The van der Waals surface area contributed by atoms with Crippen LogP contribution in [0, 0.1) is 0 Å². The first-order chi connectivity index (χ1) is 10.3. The quantitative estimate of drug-likeness (QED) is 0.419. The van der Waals surface area contributed by atoms with Crippen molar-refractivity contribution in [1.29, 1.82) is 0 Å². The fourth-order valence-electron chi connectivity index (χ4n) is 2.13. The Bertz CT molecular complexity index is 1130. The van der Waals surface area contributed by atoms with Gasteiger partial charge in [0.25, 0.3) is 30.4 Å². The molecule has 2 rings (SSSR count). The number of hydrogen-bond donors (Lipinski definition) is 4. The summed E-state index contributed by atoms with van der Waals surface area (Å²) in [5.74, 6) is 0.